The third-order valence-electron chi connectivity index (χ3n) is 3.70. The molecule has 0 spiro atoms. The van der Waals surface area contributed by atoms with Gasteiger partial charge >= 0.3 is 0 Å². The molecule has 2 heterocycles. The van der Waals surface area contributed by atoms with Gasteiger partial charge in [0.1, 0.15) is 9.88 Å². The molecule has 0 atom stereocenters. The number of nitrogens with zero attached hydrogens (tertiary/aromatic N) is 3. The molecule has 0 aliphatic carbocycles. The topological polar surface area (TPSA) is 46.1 Å². The standard InChI is InChI=1S/C18H16BrN3OS/c1-11-10-13(19)7-8-15(11)22(3)18(23)16-12(2)21-17(24-16)14-6-4-5-9-20-14/h4-10H,1-3H3. The van der Waals surface area contributed by atoms with Crippen LogP contribution in [-0.2, 0) is 0 Å². The van der Waals surface area contributed by atoms with Crippen LogP contribution < -0.4 is 4.90 Å². The van der Waals surface area contributed by atoms with Crippen LogP contribution in [0.2, 0.25) is 0 Å². The van der Waals surface area contributed by atoms with E-state index in [1.165, 1.54) is 11.3 Å². The first kappa shape index (κ1) is 16.8. The zero-order valence-electron chi connectivity index (χ0n) is 13.6. The number of hydrogen-bond donors (Lipinski definition) is 0. The van der Waals surface area contributed by atoms with Gasteiger partial charge in [-0.2, -0.15) is 0 Å². The second-order valence-corrected chi connectivity index (χ2v) is 7.36. The van der Waals surface area contributed by atoms with Crippen molar-refractivity contribution in [2.24, 2.45) is 0 Å². The fourth-order valence-electron chi connectivity index (χ4n) is 2.45. The van der Waals surface area contributed by atoms with Gasteiger partial charge in [0.2, 0.25) is 0 Å². The van der Waals surface area contributed by atoms with Crippen LogP contribution in [0.25, 0.3) is 10.7 Å². The first-order valence-electron chi connectivity index (χ1n) is 7.40. The summed E-state index contributed by atoms with van der Waals surface area (Å²) in [5, 5.41) is 0.761. The maximum Gasteiger partial charge on any atom is 0.270 e. The summed E-state index contributed by atoms with van der Waals surface area (Å²) in [4.78, 5) is 24.0. The smallest absolute Gasteiger partial charge is 0.270 e. The summed E-state index contributed by atoms with van der Waals surface area (Å²) >= 11 is 4.83. The third-order valence-corrected chi connectivity index (χ3v) is 5.36. The SMILES string of the molecule is Cc1cc(Br)ccc1N(C)C(=O)c1sc(-c2ccccn2)nc1C. The number of carbonyl (C=O) groups excluding carboxylic acids is 1. The molecule has 0 N–H and O–H groups in total. The number of thiazole rings is 1. The monoisotopic (exact) mass is 401 g/mol. The molecule has 2 aromatic heterocycles. The molecule has 0 saturated carbocycles. The highest BCUT2D eigenvalue weighted by atomic mass is 79.9. The minimum absolute atomic E-state index is 0.0578. The average Bonchev–Trinajstić information content (AvgIpc) is 2.96. The Morgan fingerprint density at radius 2 is 2.00 bits per heavy atom. The first-order valence-corrected chi connectivity index (χ1v) is 9.01. The summed E-state index contributed by atoms with van der Waals surface area (Å²) in [5.74, 6) is -0.0578. The third kappa shape index (κ3) is 3.25. The molecule has 0 saturated heterocycles. The number of pyridine rings is 1. The average molecular weight is 402 g/mol. The summed E-state index contributed by atoms with van der Waals surface area (Å²) < 4.78 is 0.996. The van der Waals surface area contributed by atoms with E-state index < -0.39 is 0 Å². The normalized spacial score (nSPS) is 10.7. The van der Waals surface area contributed by atoms with Crippen LogP contribution in [0.15, 0.2) is 47.1 Å². The highest BCUT2D eigenvalue weighted by molar-refractivity contribution is 9.10. The van der Waals surface area contributed by atoms with Gasteiger partial charge in [-0.05, 0) is 49.7 Å². The van der Waals surface area contributed by atoms with Gasteiger partial charge < -0.3 is 4.90 Å². The van der Waals surface area contributed by atoms with Crippen LogP contribution in [0.3, 0.4) is 0 Å². The second-order valence-electron chi connectivity index (χ2n) is 5.44. The van der Waals surface area contributed by atoms with E-state index in [1.807, 2.05) is 50.2 Å². The number of halogens is 1. The van der Waals surface area contributed by atoms with E-state index in [0.717, 1.165) is 32.1 Å². The van der Waals surface area contributed by atoms with E-state index in [9.17, 15) is 4.79 Å². The Morgan fingerprint density at radius 1 is 1.21 bits per heavy atom. The van der Waals surface area contributed by atoms with Crippen molar-refractivity contribution in [1.29, 1.82) is 0 Å². The van der Waals surface area contributed by atoms with E-state index in [1.54, 1.807) is 18.1 Å². The molecule has 0 bridgehead atoms. The predicted molar refractivity (Wildman–Crippen MR) is 102 cm³/mol. The summed E-state index contributed by atoms with van der Waals surface area (Å²) in [6.07, 6.45) is 1.73. The Hall–Kier alpha value is -2.05. The number of anilines is 1. The maximum absolute atomic E-state index is 12.9. The minimum atomic E-state index is -0.0578. The Bertz CT molecular complexity index is 893. The summed E-state index contributed by atoms with van der Waals surface area (Å²) in [6, 6.07) is 11.5. The van der Waals surface area contributed by atoms with E-state index in [-0.39, 0.29) is 5.91 Å². The van der Waals surface area contributed by atoms with Crippen LogP contribution in [-0.4, -0.2) is 22.9 Å². The van der Waals surface area contributed by atoms with Gasteiger partial charge in [0.15, 0.2) is 0 Å². The number of aryl methyl sites for hydroxylation is 2. The van der Waals surface area contributed by atoms with Crippen molar-refractivity contribution >= 4 is 38.9 Å². The summed E-state index contributed by atoms with van der Waals surface area (Å²) in [5.41, 5.74) is 3.43. The Labute approximate surface area is 153 Å². The summed E-state index contributed by atoms with van der Waals surface area (Å²) in [6.45, 7) is 3.85. The van der Waals surface area contributed by atoms with E-state index in [0.29, 0.717) is 4.88 Å². The minimum Gasteiger partial charge on any atom is -0.310 e. The molecule has 0 aliphatic rings. The van der Waals surface area contributed by atoms with Crippen molar-refractivity contribution in [3.63, 3.8) is 0 Å². The van der Waals surface area contributed by atoms with Crippen LogP contribution in [0.1, 0.15) is 20.9 Å². The molecule has 1 amide bonds. The van der Waals surface area contributed by atoms with E-state index >= 15 is 0 Å². The fourth-order valence-corrected chi connectivity index (χ4v) is 3.94. The largest absolute Gasteiger partial charge is 0.310 e. The number of carbonyl (C=O) groups is 1. The molecule has 4 nitrogen and oxygen atoms in total. The number of rotatable bonds is 3. The Morgan fingerprint density at radius 3 is 2.67 bits per heavy atom. The Balaban J connectivity index is 1.94. The molecule has 0 radical (unpaired) electrons. The van der Waals surface area contributed by atoms with Gasteiger partial charge in [0.25, 0.3) is 5.91 Å². The lowest BCUT2D eigenvalue weighted by molar-refractivity contribution is 0.0996. The van der Waals surface area contributed by atoms with Crippen LogP contribution in [0.4, 0.5) is 5.69 Å². The molecule has 0 fully saturated rings. The molecule has 24 heavy (non-hydrogen) atoms. The van der Waals surface area contributed by atoms with Crippen LogP contribution in [0, 0.1) is 13.8 Å². The fraction of sp³-hybridized carbons (Fsp3) is 0.167. The first-order chi connectivity index (χ1) is 11.5. The molecule has 3 aromatic rings. The van der Waals surface area contributed by atoms with Gasteiger partial charge in [0.05, 0.1) is 11.4 Å². The zero-order valence-corrected chi connectivity index (χ0v) is 16.0. The summed E-state index contributed by atoms with van der Waals surface area (Å²) in [7, 11) is 1.79. The van der Waals surface area contributed by atoms with Crippen molar-refractivity contribution in [1.82, 2.24) is 9.97 Å². The van der Waals surface area contributed by atoms with Crippen molar-refractivity contribution in [3.05, 3.63) is 63.2 Å². The number of benzene rings is 1. The second kappa shape index (κ2) is 6.83. The van der Waals surface area contributed by atoms with Gasteiger partial charge in [-0.25, -0.2) is 4.98 Å². The molecule has 122 valence electrons. The molecule has 0 aliphatic heterocycles. The van der Waals surface area contributed by atoms with Gasteiger partial charge in [-0.3, -0.25) is 9.78 Å². The quantitative estimate of drug-likeness (QED) is 0.629. The highest BCUT2D eigenvalue weighted by Gasteiger charge is 2.21. The zero-order chi connectivity index (χ0) is 17.3. The van der Waals surface area contributed by atoms with Crippen LogP contribution in [0.5, 0.6) is 0 Å². The Kier molecular flexibility index (Phi) is 4.78. The molecule has 3 rings (SSSR count). The molecular formula is C18H16BrN3OS. The lowest BCUT2D eigenvalue weighted by Crippen LogP contribution is -2.26. The number of hydrogen-bond acceptors (Lipinski definition) is 4. The lowest BCUT2D eigenvalue weighted by Gasteiger charge is -2.19. The molecular weight excluding hydrogens is 386 g/mol. The molecule has 1 aromatic carbocycles. The van der Waals surface area contributed by atoms with Gasteiger partial charge in [-0.1, -0.05) is 22.0 Å². The lowest BCUT2D eigenvalue weighted by atomic mass is 10.2. The van der Waals surface area contributed by atoms with Crippen molar-refractivity contribution in [2.45, 2.75) is 13.8 Å². The van der Waals surface area contributed by atoms with Crippen molar-refractivity contribution in [3.8, 4) is 10.7 Å². The highest BCUT2D eigenvalue weighted by Crippen LogP contribution is 2.30. The molecule has 6 heteroatoms. The molecule has 0 unspecified atom stereocenters. The number of amides is 1. The van der Waals surface area contributed by atoms with E-state index in [2.05, 4.69) is 25.9 Å². The van der Waals surface area contributed by atoms with Crippen molar-refractivity contribution < 1.29 is 4.79 Å². The van der Waals surface area contributed by atoms with Crippen molar-refractivity contribution in [2.75, 3.05) is 11.9 Å². The van der Waals surface area contributed by atoms with E-state index in [4.69, 9.17) is 0 Å². The predicted octanol–water partition coefficient (Wildman–Crippen LogP) is 4.86. The van der Waals surface area contributed by atoms with Crippen LogP contribution >= 0.6 is 27.3 Å². The maximum atomic E-state index is 12.9. The van der Waals surface area contributed by atoms with Gasteiger partial charge in [0, 0.05) is 23.4 Å². The number of aromatic nitrogens is 2. The van der Waals surface area contributed by atoms with Gasteiger partial charge in [-0.15, -0.1) is 11.3 Å².